The Morgan fingerprint density at radius 3 is 2.72 bits per heavy atom. The number of amidine groups is 1. The van der Waals surface area contributed by atoms with Crippen LogP contribution in [0.1, 0.15) is 43.2 Å². The van der Waals surface area contributed by atoms with Gasteiger partial charge in [0.05, 0.1) is 6.54 Å². The van der Waals surface area contributed by atoms with Gasteiger partial charge in [0.25, 0.3) is 0 Å². The molecule has 25 heavy (non-hydrogen) atoms. The topological polar surface area (TPSA) is 24.4 Å². The van der Waals surface area contributed by atoms with Crippen LogP contribution in [-0.4, -0.2) is 5.84 Å². The van der Waals surface area contributed by atoms with E-state index in [1.165, 1.54) is 24.8 Å². The normalized spacial score (nSPS) is 20.3. The molecule has 2 aromatic carbocycles. The number of hydrogen-bond donors (Lipinski definition) is 1. The molecule has 1 aliphatic carbocycles. The van der Waals surface area contributed by atoms with Crippen molar-refractivity contribution < 1.29 is 4.39 Å². The van der Waals surface area contributed by atoms with Gasteiger partial charge in [0.15, 0.2) is 0 Å². The molecule has 4 heteroatoms. The quantitative estimate of drug-likeness (QED) is 0.701. The van der Waals surface area contributed by atoms with Gasteiger partial charge in [0.2, 0.25) is 0 Å². The Morgan fingerprint density at radius 2 is 1.92 bits per heavy atom. The first kappa shape index (κ1) is 16.6. The molecule has 130 valence electrons. The average Bonchev–Trinajstić information content (AvgIpc) is 2.61. The van der Waals surface area contributed by atoms with Gasteiger partial charge in [-0.05, 0) is 54.7 Å². The third-order valence-corrected chi connectivity index (χ3v) is 5.71. The molecule has 2 aromatic rings. The summed E-state index contributed by atoms with van der Waals surface area (Å²) < 4.78 is 13.7. The van der Waals surface area contributed by atoms with Crippen molar-refractivity contribution >= 4 is 23.1 Å². The molecular weight excluding hydrogens is 335 g/mol. The van der Waals surface area contributed by atoms with Crippen LogP contribution in [0.3, 0.4) is 0 Å². The lowest BCUT2D eigenvalue weighted by Crippen LogP contribution is -2.43. The number of aliphatic imine (C=N–C) groups is 1. The largest absolute Gasteiger partial charge is 0.343 e. The van der Waals surface area contributed by atoms with Crippen molar-refractivity contribution in [3.8, 4) is 0 Å². The summed E-state index contributed by atoms with van der Waals surface area (Å²) in [6.45, 7) is 0.593. The van der Waals surface area contributed by atoms with E-state index >= 15 is 0 Å². The lowest BCUT2D eigenvalue weighted by atomic mass is 9.67. The third-order valence-electron chi connectivity index (χ3n) is 5.48. The number of fused-ring (bicyclic) bond motifs is 1. The number of benzene rings is 2. The van der Waals surface area contributed by atoms with E-state index in [0.717, 1.165) is 41.4 Å². The second-order valence-corrected chi connectivity index (χ2v) is 7.68. The van der Waals surface area contributed by atoms with E-state index in [1.54, 1.807) is 12.1 Å². The van der Waals surface area contributed by atoms with Gasteiger partial charge < -0.3 is 5.32 Å². The minimum Gasteiger partial charge on any atom is -0.343 e. The summed E-state index contributed by atoms with van der Waals surface area (Å²) in [6.07, 6.45) is 6.99. The molecule has 2 aliphatic rings. The molecule has 4 rings (SSSR count). The number of hydrogen-bond acceptors (Lipinski definition) is 1. The highest BCUT2D eigenvalue weighted by Crippen LogP contribution is 2.45. The van der Waals surface area contributed by atoms with E-state index in [-0.39, 0.29) is 11.2 Å². The summed E-state index contributed by atoms with van der Waals surface area (Å²) in [5, 5.41) is 4.19. The monoisotopic (exact) mass is 356 g/mol. The standard InChI is InChI=1S/C21H22ClFN2/c22-17-6-4-5-15(11-17)14-24-20-21(9-2-1-3-10-21)13-16-7-8-18(23)12-19(16)25-20/h4-8,11-12H,1-3,9-10,13-14H2,(H,24,25). The first-order chi connectivity index (χ1) is 12.1. The Balaban J connectivity index is 1.68. The van der Waals surface area contributed by atoms with Gasteiger partial charge in [0, 0.05) is 16.1 Å². The van der Waals surface area contributed by atoms with Gasteiger partial charge in [-0.1, -0.05) is 49.1 Å². The highest BCUT2D eigenvalue weighted by molar-refractivity contribution is 6.30. The van der Waals surface area contributed by atoms with E-state index < -0.39 is 0 Å². The summed E-state index contributed by atoms with van der Waals surface area (Å²) in [4.78, 5) is 4.92. The molecule has 0 radical (unpaired) electrons. The van der Waals surface area contributed by atoms with Crippen LogP contribution in [-0.2, 0) is 13.0 Å². The van der Waals surface area contributed by atoms with Gasteiger partial charge in [-0.3, -0.25) is 4.99 Å². The Morgan fingerprint density at radius 1 is 1.08 bits per heavy atom. The second kappa shape index (κ2) is 6.80. The van der Waals surface area contributed by atoms with Crippen LogP contribution >= 0.6 is 11.6 Å². The molecule has 0 amide bonds. The second-order valence-electron chi connectivity index (χ2n) is 7.24. The van der Waals surface area contributed by atoms with Gasteiger partial charge in [-0.25, -0.2) is 4.39 Å². The predicted octanol–water partition coefficient (Wildman–Crippen LogP) is 6.00. The van der Waals surface area contributed by atoms with Crippen LogP contribution in [0.5, 0.6) is 0 Å². The Kier molecular flexibility index (Phi) is 4.51. The van der Waals surface area contributed by atoms with Crippen LogP contribution in [0, 0.1) is 11.2 Å². The minimum atomic E-state index is -0.208. The number of rotatable bonds is 2. The maximum absolute atomic E-state index is 13.7. The molecule has 2 nitrogen and oxygen atoms in total. The molecular formula is C21H22ClFN2. The molecule has 1 aliphatic heterocycles. The van der Waals surface area contributed by atoms with Crippen LogP contribution in [0.25, 0.3) is 0 Å². The van der Waals surface area contributed by atoms with Gasteiger partial charge in [-0.15, -0.1) is 0 Å². The van der Waals surface area contributed by atoms with Crippen LogP contribution < -0.4 is 5.32 Å². The molecule has 0 saturated heterocycles. The zero-order valence-corrected chi connectivity index (χ0v) is 15.0. The smallest absolute Gasteiger partial charge is 0.125 e. The number of nitrogens with one attached hydrogen (secondary N) is 1. The van der Waals surface area contributed by atoms with Crippen molar-refractivity contribution in [2.45, 2.75) is 45.1 Å². The van der Waals surface area contributed by atoms with E-state index in [4.69, 9.17) is 16.6 Å². The first-order valence-corrected chi connectivity index (χ1v) is 9.37. The molecule has 0 unspecified atom stereocenters. The van der Waals surface area contributed by atoms with Crippen molar-refractivity contribution in [2.24, 2.45) is 10.4 Å². The molecule has 1 fully saturated rings. The Labute approximate surface area is 153 Å². The van der Waals surface area contributed by atoms with Crippen molar-refractivity contribution in [3.05, 3.63) is 64.4 Å². The fourth-order valence-corrected chi connectivity index (χ4v) is 4.40. The molecule has 0 aromatic heterocycles. The zero-order valence-electron chi connectivity index (χ0n) is 14.2. The SMILES string of the molecule is Fc1ccc2c(c1)NC(=NCc1cccc(Cl)c1)C1(CCCCC1)C2. The molecule has 1 heterocycles. The van der Waals surface area contributed by atoms with E-state index in [0.29, 0.717) is 6.54 Å². The van der Waals surface area contributed by atoms with E-state index in [9.17, 15) is 4.39 Å². The van der Waals surface area contributed by atoms with E-state index in [2.05, 4.69) is 5.32 Å². The fourth-order valence-electron chi connectivity index (χ4n) is 4.18. The summed E-state index contributed by atoms with van der Waals surface area (Å²) >= 11 is 6.09. The fraction of sp³-hybridized carbons (Fsp3) is 0.381. The van der Waals surface area contributed by atoms with Crippen molar-refractivity contribution in [3.63, 3.8) is 0 Å². The number of nitrogens with zero attached hydrogens (tertiary/aromatic N) is 1. The Bertz CT molecular complexity index is 809. The van der Waals surface area contributed by atoms with Crippen LogP contribution in [0.2, 0.25) is 5.02 Å². The van der Waals surface area contributed by atoms with Gasteiger partial charge >= 0.3 is 0 Å². The number of anilines is 1. The molecule has 1 N–H and O–H groups in total. The van der Waals surface area contributed by atoms with Crippen LogP contribution in [0.15, 0.2) is 47.5 Å². The first-order valence-electron chi connectivity index (χ1n) is 8.99. The summed E-state index contributed by atoms with van der Waals surface area (Å²) in [6, 6.07) is 12.9. The summed E-state index contributed by atoms with van der Waals surface area (Å²) in [5.74, 6) is 0.810. The highest BCUT2D eigenvalue weighted by atomic mass is 35.5. The maximum Gasteiger partial charge on any atom is 0.125 e. The summed E-state index contributed by atoms with van der Waals surface area (Å²) in [7, 11) is 0. The zero-order chi connectivity index (χ0) is 17.3. The Hall–Kier alpha value is -1.87. The molecule has 0 bridgehead atoms. The average molecular weight is 357 g/mol. The highest BCUT2D eigenvalue weighted by Gasteiger charge is 2.41. The molecule has 1 spiro atoms. The van der Waals surface area contributed by atoms with Crippen molar-refractivity contribution in [2.75, 3.05) is 5.32 Å². The van der Waals surface area contributed by atoms with E-state index in [1.807, 2.05) is 30.3 Å². The maximum atomic E-state index is 13.7. The van der Waals surface area contributed by atoms with Crippen molar-refractivity contribution in [1.82, 2.24) is 0 Å². The number of halogens is 2. The summed E-state index contributed by atoms with van der Waals surface area (Å²) in [5.41, 5.74) is 3.23. The molecule has 1 saturated carbocycles. The van der Waals surface area contributed by atoms with Crippen LogP contribution in [0.4, 0.5) is 10.1 Å². The van der Waals surface area contributed by atoms with Crippen molar-refractivity contribution in [1.29, 1.82) is 0 Å². The minimum absolute atomic E-state index is 0.0711. The lowest BCUT2D eigenvalue weighted by molar-refractivity contribution is 0.278. The van der Waals surface area contributed by atoms with Gasteiger partial charge in [-0.2, -0.15) is 0 Å². The molecule has 0 atom stereocenters. The lowest BCUT2D eigenvalue weighted by Gasteiger charge is -2.42. The van der Waals surface area contributed by atoms with Gasteiger partial charge in [0.1, 0.15) is 11.7 Å². The third kappa shape index (κ3) is 3.43. The predicted molar refractivity (Wildman–Crippen MR) is 102 cm³/mol.